The Morgan fingerprint density at radius 3 is 2.68 bits per heavy atom. The first kappa shape index (κ1) is 12.2. The molecule has 1 aliphatic heterocycles. The molecule has 1 fully saturated rings. The lowest BCUT2D eigenvalue weighted by Crippen LogP contribution is -2.29. The van der Waals surface area contributed by atoms with E-state index in [4.69, 9.17) is 0 Å². The molecule has 2 aromatic rings. The molecule has 4 heteroatoms. The fourth-order valence-electron chi connectivity index (χ4n) is 2.75. The first-order valence-electron chi connectivity index (χ1n) is 6.80. The minimum Gasteiger partial charge on any atom is -0.507 e. The Labute approximate surface area is 111 Å². The second-order valence-electron chi connectivity index (χ2n) is 5.19. The number of phenols is 1. The molecule has 2 heterocycles. The van der Waals surface area contributed by atoms with Gasteiger partial charge in [0, 0.05) is 23.6 Å². The van der Waals surface area contributed by atoms with Crippen LogP contribution in [0.5, 0.6) is 5.75 Å². The van der Waals surface area contributed by atoms with Crippen molar-refractivity contribution < 1.29 is 5.11 Å². The number of nitrogens with zero attached hydrogens (tertiary/aromatic N) is 1. The number of fused-ring (bicyclic) bond motifs is 1. The summed E-state index contributed by atoms with van der Waals surface area (Å²) < 4.78 is 0. The highest BCUT2D eigenvalue weighted by molar-refractivity contribution is 5.85. The molecule has 0 unspecified atom stereocenters. The summed E-state index contributed by atoms with van der Waals surface area (Å²) in [6, 6.07) is 6.91. The van der Waals surface area contributed by atoms with Crippen LogP contribution in [0, 0.1) is 0 Å². The van der Waals surface area contributed by atoms with Gasteiger partial charge in [-0.15, -0.1) is 0 Å². The number of phenolic OH excluding ortho intramolecular Hbond substituents is 1. The Morgan fingerprint density at radius 2 is 1.89 bits per heavy atom. The van der Waals surface area contributed by atoms with E-state index in [1.54, 1.807) is 6.07 Å². The number of hydrogen-bond donors (Lipinski definition) is 2. The number of aromatic amines is 1. The van der Waals surface area contributed by atoms with Crippen molar-refractivity contribution in [2.75, 3.05) is 13.1 Å². The summed E-state index contributed by atoms with van der Waals surface area (Å²) in [5, 5.41) is 11.0. The van der Waals surface area contributed by atoms with Gasteiger partial charge in [0.2, 0.25) is 5.56 Å². The Balaban J connectivity index is 1.93. The van der Waals surface area contributed by atoms with Gasteiger partial charge in [0.05, 0.1) is 5.52 Å². The monoisotopic (exact) mass is 258 g/mol. The second kappa shape index (κ2) is 5.05. The first-order chi connectivity index (χ1) is 9.24. The molecule has 1 aromatic heterocycles. The molecule has 0 saturated carbocycles. The van der Waals surface area contributed by atoms with Gasteiger partial charge in [0.15, 0.2) is 0 Å². The van der Waals surface area contributed by atoms with Gasteiger partial charge >= 0.3 is 0 Å². The van der Waals surface area contributed by atoms with Gasteiger partial charge in [-0.2, -0.15) is 0 Å². The van der Waals surface area contributed by atoms with Crippen LogP contribution in [0.3, 0.4) is 0 Å². The maximum absolute atomic E-state index is 11.3. The van der Waals surface area contributed by atoms with Gasteiger partial charge < -0.3 is 10.1 Å². The van der Waals surface area contributed by atoms with Crippen LogP contribution in [-0.2, 0) is 6.54 Å². The summed E-state index contributed by atoms with van der Waals surface area (Å²) in [4.78, 5) is 16.4. The van der Waals surface area contributed by atoms with E-state index >= 15 is 0 Å². The van der Waals surface area contributed by atoms with Crippen LogP contribution >= 0.6 is 0 Å². The third-order valence-corrected chi connectivity index (χ3v) is 3.80. The lowest BCUT2D eigenvalue weighted by atomic mass is 10.1. The van der Waals surface area contributed by atoms with E-state index < -0.39 is 0 Å². The highest BCUT2D eigenvalue weighted by atomic mass is 16.3. The van der Waals surface area contributed by atoms with Crippen LogP contribution in [0.2, 0.25) is 0 Å². The zero-order chi connectivity index (χ0) is 13.2. The molecule has 1 saturated heterocycles. The minimum atomic E-state index is -0.143. The van der Waals surface area contributed by atoms with E-state index in [1.165, 1.54) is 25.3 Å². The number of rotatable bonds is 2. The number of piperidine rings is 1. The molecule has 1 aliphatic rings. The lowest BCUT2D eigenvalue weighted by molar-refractivity contribution is 0.219. The van der Waals surface area contributed by atoms with Crippen LogP contribution in [0.15, 0.2) is 29.1 Å². The molecule has 0 bridgehead atoms. The lowest BCUT2D eigenvalue weighted by Gasteiger charge is -2.26. The van der Waals surface area contributed by atoms with Crippen LogP contribution in [-0.4, -0.2) is 28.1 Å². The summed E-state index contributed by atoms with van der Waals surface area (Å²) >= 11 is 0. The minimum absolute atomic E-state index is 0.143. The maximum atomic E-state index is 11.3. The van der Waals surface area contributed by atoms with Crippen LogP contribution in [0.4, 0.5) is 0 Å². The quantitative estimate of drug-likeness (QED) is 0.868. The van der Waals surface area contributed by atoms with Crippen LogP contribution in [0.25, 0.3) is 10.9 Å². The van der Waals surface area contributed by atoms with Crippen LogP contribution in [0.1, 0.15) is 24.8 Å². The van der Waals surface area contributed by atoms with Gasteiger partial charge in [-0.3, -0.25) is 9.69 Å². The Hall–Kier alpha value is -1.81. The molecule has 100 valence electrons. The molecule has 2 N–H and O–H groups in total. The van der Waals surface area contributed by atoms with Crippen molar-refractivity contribution in [3.05, 3.63) is 40.2 Å². The van der Waals surface area contributed by atoms with Crippen LogP contribution < -0.4 is 5.56 Å². The number of benzene rings is 1. The number of H-pyrrole nitrogens is 1. The van der Waals surface area contributed by atoms with Gasteiger partial charge in [-0.25, -0.2) is 0 Å². The zero-order valence-corrected chi connectivity index (χ0v) is 10.9. The van der Waals surface area contributed by atoms with Crippen molar-refractivity contribution in [2.45, 2.75) is 25.8 Å². The van der Waals surface area contributed by atoms with E-state index in [0.29, 0.717) is 16.7 Å². The predicted octanol–water partition coefficient (Wildman–Crippen LogP) is 2.22. The zero-order valence-electron chi connectivity index (χ0n) is 10.9. The normalized spacial score (nSPS) is 16.8. The molecule has 0 spiro atoms. The standard InChI is InChI=1S/C15H18N2O2/c18-14-7-5-12-13(16-14)6-4-11(15(12)19)10-17-8-2-1-3-9-17/h4-7,19H,1-3,8-10H2,(H,16,18). The fraction of sp³-hybridized carbons (Fsp3) is 0.400. The molecule has 19 heavy (non-hydrogen) atoms. The average molecular weight is 258 g/mol. The van der Waals surface area contributed by atoms with Crippen molar-refractivity contribution in [1.29, 1.82) is 0 Å². The second-order valence-corrected chi connectivity index (χ2v) is 5.19. The fourth-order valence-corrected chi connectivity index (χ4v) is 2.75. The van der Waals surface area contributed by atoms with Gasteiger partial charge in [0.1, 0.15) is 5.75 Å². The Kier molecular flexibility index (Phi) is 3.25. The molecular weight excluding hydrogens is 240 g/mol. The Morgan fingerprint density at radius 1 is 1.11 bits per heavy atom. The summed E-state index contributed by atoms with van der Waals surface area (Å²) in [6.45, 7) is 2.98. The molecule has 0 aliphatic carbocycles. The Bertz CT molecular complexity index is 642. The van der Waals surface area contributed by atoms with E-state index in [9.17, 15) is 9.90 Å². The third kappa shape index (κ3) is 2.49. The SMILES string of the molecule is O=c1ccc2c(O)c(CN3CCCCC3)ccc2[nH]1. The summed E-state index contributed by atoms with van der Waals surface area (Å²) in [6.07, 6.45) is 3.78. The molecule has 0 radical (unpaired) electrons. The van der Waals surface area contributed by atoms with E-state index in [-0.39, 0.29) is 5.56 Å². The summed E-state index contributed by atoms with van der Waals surface area (Å²) in [5.74, 6) is 0.291. The van der Waals surface area contributed by atoms with E-state index in [1.807, 2.05) is 12.1 Å². The molecule has 0 amide bonds. The number of aromatic nitrogens is 1. The van der Waals surface area contributed by atoms with Gasteiger partial charge in [-0.1, -0.05) is 12.5 Å². The molecule has 1 aromatic carbocycles. The molecule has 0 atom stereocenters. The number of aromatic hydroxyl groups is 1. The summed E-state index contributed by atoms with van der Waals surface area (Å²) in [7, 11) is 0. The highest BCUT2D eigenvalue weighted by Crippen LogP contribution is 2.28. The smallest absolute Gasteiger partial charge is 0.248 e. The largest absolute Gasteiger partial charge is 0.507 e. The number of likely N-dealkylation sites (tertiary alicyclic amines) is 1. The highest BCUT2D eigenvalue weighted by Gasteiger charge is 2.14. The average Bonchev–Trinajstić information content (AvgIpc) is 2.43. The van der Waals surface area contributed by atoms with Gasteiger partial charge in [0.25, 0.3) is 0 Å². The molecule has 4 nitrogen and oxygen atoms in total. The molecular formula is C15H18N2O2. The third-order valence-electron chi connectivity index (χ3n) is 3.80. The van der Waals surface area contributed by atoms with Crippen molar-refractivity contribution in [3.8, 4) is 5.75 Å². The number of pyridine rings is 1. The van der Waals surface area contributed by atoms with Crippen molar-refractivity contribution in [3.63, 3.8) is 0 Å². The van der Waals surface area contributed by atoms with Crippen molar-refractivity contribution >= 4 is 10.9 Å². The van der Waals surface area contributed by atoms with Gasteiger partial charge in [-0.05, 0) is 38.1 Å². The predicted molar refractivity (Wildman–Crippen MR) is 75.4 cm³/mol. The van der Waals surface area contributed by atoms with E-state index in [0.717, 1.165) is 25.2 Å². The summed E-state index contributed by atoms with van der Waals surface area (Å²) in [5.41, 5.74) is 1.48. The topological polar surface area (TPSA) is 56.3 Å². The number of nitrogens with one attached hydrogen (secondary N) is 1. The van der Waals surface area contributed by atoms with Crippen molar-refractivity contribution in [2.24, 2.45) is 0 Å². The first-order valence-corrected chi connectivity index (χ1v) is 6.80. The van der Waals surface area contributed by atoms with E-state index in [2.05, 4.69) is 9.88 Å². The van der Waals surface area contributed by atoms with Crippen molar-refractivity contribution in [1.82, 2.24) is 9.88 Å². The maximum Gasteiger partial charge on any atom is 0.248 e. The molecule has 3 rings (SSSR count). The number of hydrogen-bond acceptors (Lipinski definition) is 3.